The van der Waals surface area contributed by atoms with E-state index in [1.165, 1.54) is 5.57 Å². The largest absolute Gasteiger partial charge is 0.444 e. The number of hydrogen-bond acceptors (Lipinski definition) is 6. The number of allylic oxidation sites excluding steroid dienone is 1. The first-order valence-electron chi connectivity index (χ1n) is 8.73. The average Bonchev–Trinajstić information content (AvgIpc) is 2.53. The first-order chi connectivity index (χ1) is 12.2. The molecule has 0 spiro atoms. The number of alkyl carbamates (subject to hydrolysis) is 1. The first-order valence-corrected chi connectivity index (χ1v) is 8.73. The Labute approximate surface area is 152 Å². The lowest BCUT2D eigenvalue weighted by atomic mass is 9.90. The van der Waals surface area contributed by atoms with Crippen LogP contribution in [-0.4, -0.2) is 27.7 Å². The topological polar surface area (TPSA) is 116 Å². The summed E-state index contributed by atoms with van der Waals surface area (Å²) in [6, 6.07) is 6.01. The smallest absolute Gasteiger partial charge is 0.407 e. The fourth-order valence-corrected chi connectivity index (χ4v) is 3.07. The predicted octanol–water partition coefficient (Wildman–Crippen LogP) is 3.25. The zero-order valence-electron chi connectivity index (χ0n) is 15.4. The van der Waals surface area contributed by atoms with Crippen molar-refractivity contribution in [1.29, 1.82) is 0 Å². The molecule has 1 unspecified atom stereocenters. The molecule has 1 amide bonds. The van der Waals surface area contributed by atoms with Gasteiger partial charge in [0.2, 0.25) is 5.95 Å². The second-order valence-electron chi connectivity index (χ2n) is 7.55. The van der Waals surface area contributed by atoms with Gasteiger partial charge >= 0.3 is 6.09 Å². The minimum Gasteiger partial charge on any atom is -0.444 e. The highest BCUT2D eigenvalue weighted by Gasteiger charge is 2.21. The molecule has 7 nitrogen and oxygen atoms in total. The predicted molar refractivity (Wildman–Crippen MR) is 103 cm³/mol. The van der Waals surface area contributed by atoms with Crippen LogP contribution in [0.4, 0.5) is 16.6 Å². The molecule has 1 aromatic carbocycles. The molecule has 7 heteroatoms. The van der Waals surface area contributed by atoms with E-state index in [1.807, 2.05) is 39.0 Å². The van der Waals surface area contributed by atoms with E-state index in [9.17, 15) is 4.79 Å². The van der Waals surface area contributed by atoms with Crippen molar-refractivity contribution in [1.82, 2.24) is 15.3 Å². The third-order valence-corrected chi connectivity index (χ3v) is 4.25. The maximum Gasteiger partial charge on any atom is 0.407 e. The van der Waals surface area contributed by atoms with Crippen LogP contribution in [0.5, 0.6) is 0 Å². The van der Waals surface area contributed by atoms with Crippen molar-refractivity contribution in [2.45, 2.75) is 51.7 Å². The van der Waals surface area contributed by atoms with E-state index in [1.54, 1.807) is 0 Å². The van der Waals surface area contributed by atoms with Gasteiger partial charge in [-0.25, -0.2) is 9.78 Å². The molecular weight excluding hydrogens is 330 g/mol. The number of benzene rings is 1. The summed E-state index contributed by atoms with van der Waals surface area (Å²) in [6.07, 6.45) is 4.27. The van der Waals surface area contributed by atoms with E-state index in [4.69, 9.17) is 16.2 Å². The van der Waals surface area contributed by atoms with Crippen LogP contribution in [0.25, 0.3) is 16.5 Å². The molecule has 1 aliphatic rings. The molecule has 2 aromatic rings. The number of aromatic nitrogens is 2. The fraction of sp³-hybridized carbons (Fsp3) is 0.421. The molecule has 1 atom stereocenters. The van der Waals surface area contributed by atoms with Crippen molar-refractivity contribution in [3.63, 3.8) is 0 Å². The van der Waals surface area contributed by atoms with Gasteiger partial charge in [-0.15, -0.1) is 0 Å². The van der Waals surface area contributed by atoms with Gasteiger partial charge in [-0.1, -0.05) is 12.1 Å². The molecule has 1 aliphatic carbocycles. The minimum atomic E-state index is -0.490. The lowest BCUT2D eigenvalue weighted by Crippen LogP contribution is -2.39. The van der Waals surface area contributed by atoms with Gasteiger partial charge in [-0.3, -0.25) is 0 Å². The number of hydrogen-bond donors (Lipinski definition) is 3. The van der Waals surface area contributed by atoms with Crippen LogP contribution in [-0.2, 0) is 4.74 Å². The lowest BCUT2D eigenvalue weighted by molar-refractivity contribution is 0.0502. The summed E-state index contributed by atoms with van der Waals surface area (Å²) in [5.41, 5.74) is 14.2. The summed E-state index contributed by atoms with van der Waals surface area (Å²) in [7, 11) is 0. The Kier molecular flexibility index (Phi) is 4.71. The molecule has 0 fully saturated rings. The van der Waals surface area contributed by atoms with Crippen molar-refractivity contribution in [2.75, 3.05) is 11.5 Å². The summed E-state index contributed by atoms with van der Waals surface area (Å²) in [4.78, 5) is 20.1. The van der Waals surface area contributed by atoms with Gasteiger partial charge in [0.15, 0.2) is 0 Å². The van der Waals surface area contributed by atoms with Gasteiger partial charge in [-0.05, 0) is 63.3 Å². The van der Waals surface area contributed by atoms with E-state index in [0.717, 1.165) is 35.7 Å². The lowest BCUT2D eigenvalue weighted by Gasteiger charge is -2.26. The van der Waals surface area contributed by atoms with Crippen LogP contribution < -0.4 is 16.8 Å². The van der Waals surface area contributed by atoms with Gasteiger partial charge in [0.1, 0.15) is 11.4 Å². The number of fused-ring (bicyclic) bond motifs is 1. The highest BCUT2D eigenvalue weighted by atomic mass is 16.6. The van der Waals surface area contributed by atoms with Gasteiger partial charge in [0, 0.05) is 11.4 Å². The molecule has 0 saturated carbocycles. The van der Waals surface area contributed by atoms with Crippen LogP contribution in [0, 0.1) is 0 Å². The zero-order chi connectivity index (χ0) is 18.9. The Bertz CT molecular complexity index is 870. The van der Waals surface area contributed by atoms with Crippen molar-refractivity contribution in [3.8, 4) is 0 Å². The van der Waals surface area contributed by atoms with E-state index < -0.39 is 5.60 Å². The molecule has 0 radical (unpaired) electrons. The minimum absolute atomic E-state index is 0.0858. The Morgan fingerprint density at radius 2 is 2.04 bits per heavy atom. The summed E-state index contributed by atoms with van der Waals surface area (Å²) in [5.74, 6) is 0.560. The molecule has 0 saturated heterocycles. The number of rotatable bonds is 2. The highest BCUT2D eigenvalue weighted by Crippen LogP contribution is 2.30. The molecular formula is C19H25N5O2. The van der Waals surface area contributed by atoms with Crippen LogP contribution >= 0.6 is 0 Å². The molecule has 3 rings (SSSR count). The van der Waals surface area contributed by atoms with Crippen molar-refractivity contribution >= 4 is 34.3 Å². The van der Waals surface area contributed by atoms with Crippen molar-refractivity contribution in [3.05, 3.63) is 29.8 Å². The maximum atomic E-state index is 11.9. The van der Waals surface area contributed by atoms with E-state index in [0.29, 0.717) is 5.82 Å². The summed E-state index contributed by atoms with van der Waals surface area (Å²) < 4.78 is 5.31. The molecule has 1 aromatic heterocycles. The normalized spacial score (nSPS) is 17.7. The third-order valence-electron chi connectivity index (χ3n) is 4.25. The van der Waals surface area contributed by atoms with Gasteiger partial charge < -0.3 is 21.5 Å². The molecule has 138 valence electrons. The molecule has 1 heterocycles. The van der Waals surface area contributed by atoms with Gasteiger partial charge in [0.05, 0.1) is 5.52 Å². The number of nitrogens with two attached hydrogens (primary N) is 2. The number of ether oxygens (including phenoxy) is 1. The zero-order valence-corrected chi connectivity index (χ0v) is 15.4. The number of anilines is 2. The van der Waals surface area contributed by atoms with E-state index >= 15 is 0 Å². The number of nitrogens with one attached hydrogen (secondary N) is 1. The summed E-state index contributed by atoms with van der Waals surface area (Å²) in [6.45, 7) is 5.57. The second kappa shape index (κ2) is 6.82. The van der Waals surface area contributed by atoms with Gasteiger partial charge in [-0.2, -0.15) is 4.98 Å². The summed E-state index contributed by atoms with van der Waals surface area (Å²) >= 11 is 0. The van der Waals surface area contributed by atoms with Crippen molar-refractivity contribution < 1.29 is 9.53 Å². The Morgan fingerprint density at radius 1 is 1.27 bits per heavy atom. The standard InChI is InChI=1S/C19H25N5O2/c1-19(2,3)26-18(25)22-13-7-4-11(5-8-13)12-6-9-14-15(10-12)23-17(21)24-16(14)20/h4,6,9-10,13H,5,7-8H2,1-3H3,(H,22,25)(H4,20,21,23,24). The average molecular weight is 355 g/mol. The van der Waals surface area contributed by atoms with Crippen LogP contribution in [0.2, 0.25) is 0 Å². The molecule has 5 N–H and O–H groups in total. The Balaban J connectivity index is 1.71. The number of nitrogens with zero attached hydrogens (tertiary/aromatic N) is 2. The number of amides is 1. The Hall–Kier alpha value is -2.83. The number of nitrogen functional groups attached to an aromatic ring is 2. The van der Waals surface area contributed by atoms with Crippen LogP contribution in [0.15, 0.2) is 24.3 Å². The maximum absolute atomic E-state index is 11.9. The molecule has 0 aliphatic heterocycles. The monoisotopic (exact) mass is 355 g/mol. The summed E-state index contributed by atoms with van der Waals surface area (Å²) in [5, 5.41) is 3.73. The van der Waals surface area contributed by atoms with E-state index in [-0.39, 0.29) is 18.1 Å². The highest BCUT2D eigenvalue weighted by molar-refractivity contribution is 5.91. The molecule has 0 bridgehead atoms. The van der Waals surface area contributed by atoms with Gasteiger partial charge in [0.25, 0.3) is 0 Å². The third kappa shape index (κ3) is 4.22. The quantitative estimate of drug-likeness (QED) is 0.761. The second-order valence-corrected chi connectivity index (χ2v) is 7.55. The van der Waals surface area contributed by atoms with E-state index in [2.05, 4.69) is 21.4 Å². The van der Waals surface area contributed by atoms with Crippen molar-refractivity contribution in [2.24, 2.45) is 0 Å². The SMILES string of the molecule is CC(C)(C)OC(=O)NC1CC=C(c2ccc3c(N)nc(N)nc3c2)CC1. The fourth-order valence-electron chi connectivity index (χ4n) is 3.07. The Morgan fingerprint density at radius 3 is 2.69 bits per heavy atom. The first kappa shape index (κ1) is 18.0. The molecule has 26 heavy (non-hydrogen) atoms. The van der Waals surface area contributed by atoms with Crippen LogP contribution in [0.1, 0.15) is 45.6 Å². The number of carbonyl (C=O) groups excluding carboxylic acids is 1. The number of carbonyl (C=O) groups is 1. The van der Waals surface area contributed by atoms with Crippen LogP contribution in [0.3, 0.4) is 0 Å².